The number of nitrogens with two attached hydrogens (primary N) is 1. The summed E-state index contributed by atoms with van der Waals surface area (Å²) >= 11 is 0. The molecule has 0 aromatic carbocycles. The Morgan fingerprint density at radius 2 is 1.67 bits per heavy atom. The molecule has 1 fully saturated rings. The average molecular weight is 298 g/mol. The minimum absolute atomic E-state index is 0.125. The highest BCUT2D eigenvalue weighted by Gasteiger charge is 2.34. The minimum atomic E-state index is -0.233. The van der Waals surface area contributed by atoms with Gasteiger partial charge in [0, 0.05) is 5.92 Å². The van der Waals surface area contributed by atoms with E-state index in [1.54, 1.807) is 0 Å². The fourth-order valence-electron chi connectivity index (χ4n) is 3.19. The lowest BCUT2D eigenvalue weighted by atomic mass is 9.65. The van der Waals surface area contributed by atoms with E-state index in [4.69, 9.17) is 5.73 Å². The molecule has 0 aromatic heterocycles. The Bertz CT molecular complexity index is 290. The SMILES string of the molecule is CC.CCC(C)C(=O)C(N)CC1CCC(C)(C(C)C)CC1. The van der Waals surface area contributed by atoms with Crippen molar-refractivity contribution in [3.63, 3.8) is 0 Å². The maximum absolute atomic E-state index is 12.1. The van der Waals surface area contributed by atoms with Crippen LogP contribution < -0.4 is 5.73 Å². The summed E-state index contributed by atoms with van der Waals surface area (Å²) < 4.78 is 0. The number of hydrogen-bond donors (Lipinski definition) is 1. The van der Waals surface area contributed by atoms with Gasteiger partial charge in [-0.1, -0.05) is 48.5 Å². The Hall–Kier alpha value is -0.370. The zero-order valence-electron chi connectivity index (χ0n) is 15.5. The molecule has 0 amide bonds. The number of rotatable bonds is 6. The lowest BCUT2D eigenvalue weighted by Gasteiger charge is -2.41. The minimum Gasteiger partial charge on any atom is -0.321 e. The molecule has 1 saturated carbocycles. The summed E-state index contributed by atoms with van der Waals surface area (Å²) in [6.07, 6.45) is 6.88. The molecule has 1 aliphatic rings. The van der Waals surface area contributed by atoms with Crippen molar-refractivity contribution in [2.45, 2.75) is 93.0 Å². The molecule has 0 aliphatic heterocycles. The van der Waals surface area contributed by atoms with E-state index >= 15 is 0 Å². The summed E-state index contributed by atoms with van der Waals surface area (Å²) in [5.74, 6) is 1.80. The summed E-state index contributed by atoms with van der Waals surface area (Å²) in [6.45, 7) is 15.1. The van der Waals surface area contributed by atoms with Gasteiger partial charge < -0.3 is 5.73 Å². The summed E-state index contributed by atoms with van der Waals surface area (Å²) in [7, 11) is 0. The smallest absolute Gasteiger partial charge is 0.152 e. The van der Waals surface area contributed by atoms with E-state index in [-0.39, 0.29) is 17.7 Å². The fraction of sp³-hybridized carbons (Fsp3) is 0.947. The van der Waals surface area contributed by atoms with Gasteiger partial charge in [-0.3, -0.25) is 4.79 Å². The van der Waals surface area contributed by atoms with E-state index in [2.05, 4.69) is 27.7 Å². The third-order valence-electron chi connectivity index (χ3n) is 5.69. The molecule has 126 valence electrons. The first-order chi connectivity index (χ1) is 9.80. The van der Waals surface area contributed by atoms with E-state index in [9.17, 15) is 4.79 Å². The largest absolute Gasteiger partial charge is 0.321 e. The molecule has 2 nitrogen and oxygen atoms in total. The maximum Gasteiger partial charge on any atom is 0.152 e. The topological polar surface area (TPSA) is 43.1 Å². The molecule has 1 aliphatic carbocycles. The normalized spacial score (nSPS) is 28.5. The van der Waals surface area contributed by atoms with Gasteiger partial charge in [0.25, 0.3) is 0 Å². The van der Waals surface area contributed by atoms with Gasteiger partial charge in [0.1, 0.15) is 0 Å². The second kappa shape index (κ2) is 9.61. The third kappa shape index (κ3) is 6.10. The van der Waals surface area contributed by atoms with Crippen molar-refractivity contribution in [3.8, 4) is 0 Å². The number of Topliss-reactive ketones (excluding diaryl/α,β-unsaturated/α-hetero) is 1. The lowest BCUT2D eigenvalue weighted by molar-refractivity contribution is -0.124. The first-order valence-corrected chi connectivity index (χ1v) is 9.09. The van der Waals surface area contributed by atoms with Crippen molar-refractivity contribution in [1.82, 2.24) is 0 Å². The predicted molar refractivity (Wildman–Crippen MR) is 93.3 cm³/mol. The van der Waals surface area contributed by atoms with Crippen LogP contribution in [0.2, 0.25) is 0 Å². The number of carbonyl (C=O) groups excluding carboxylic acids is 1. The van der Waals surface area contributed by atoms with Gasteiger partial charge in [0.2, 0.25) is 0 Å². The van der Waals surface area contributed by atoms with Crippen LogP contribution in [-0.4, -0.2) is 11.8 Å². The molecule has 0 saturated heterocycles. The Morgan fingerprint density at radius 3 is 2.05 bits per heavy atom. The molecule has 0 aromatic rings. The van der Waals surface area contributed by atoms with Crippen LogP contribution in [0, 0.1) is 23.2 Å². The first-order valence-electron chi connectivity index (χ1n) is 9.09. The molecular formula is C19H39NO. The monoisotopic (exact) mass is 297 g/mol. The Morgan fingerprint density at radius 1 is 1.19 bits per heavy atom. The highest BCUT2D eigenvalue weighted by molar-refractivity contribution is 5.85. The molecule has 0 radical (unpaired) electrons. The van der Waals surface area contributed by atoms with Gasteiger partial charge >= 0.3 is 0 Å². The number of ketones is 1. The molecule has 0 bridgehead atoms. The van der Waals surface area contributed by atoms with Crippen LogP contribution in [0.15, 0.2) is 0 Å². The van der Waals surface area contributed by atoms with Gasteiger partial charge in [0.05, 0.1) is 6.04 Å². The van der Waals surface area contributed by atoms with Crippen LogP contribution in [0.5, 0.6) is 0 Å². The molecule has 0 spiro atoms. The van der Waals surface area contributed by atoms with Gasteiger partial charge in [-0.15, -0.1) is 0 Å². The molecule has 2 N–H and O–H groups in total. The molecule has 2 atom stereocenters. The zero-order chi connectivity index (χ0) is 16.6. The molecule has 0 heterocycles. The van der Waals surface area contributed by atoms with E-state index in [0.717, 1.165) is 18.8 Å². The molecule has 2 unspecified atom stereocenters. The average Bonchev–Trinajstić information content (AvgIpc) is 2.49. The zero-order valence-corrected chi connectivity index (χ0v) is 15.5. The Labute approximate surface area is 133 Å². The summed E-state index contributed by atoms with van der Waals surface area (Å²) in [6, 6.07) is -0.233. The van der Waals surface area contributed by atoms with Crippen LogP contribution >= 0.6 is 0 Å². The highest BCUT2D eigenvalue weighted by atomic mass is 16.1. The molecular weight excluding hydrogens is 258 g/mol. The van der Waals surface area contributed by atoms with Crippen molar-refractivity contribution in [2.24, 2.45) is 28.9 Å². The van der Waals surface area contributed by atoms with Gasteiger partial charge in [0.15, 0.2) is 5.78 Å². The molecule has 2 heteroatoms. The van der Waals surface area contributed by atoms with Crippen LogP contribution in [0.4, 0.5) is 0 Å². The maximum atomic E-state index is 12.1. The summed E-state index contributed by atoms with van der Waals surface area (Å²) in [5.41, 5.74) is 6.60. The van der Waals surface area contributed by atoms with Crippen molar-refractivity contribution < 1.29 is 4.79 Å². The number of hydrogen-bond acceptors (Lipinski definition) is 2. The van der Waals surface area contributed by atoms with Gasteiger partial charge in [-0.25, -0.2) is 0 Å². The van der Waals surface area contributed by atoms with E-state index < -0.39 is 0 Å². The van der Waals surface area contributed by atoms with Crippen LogP contribution in [0.3, 0.4) is 0 Å². The van der Waals surface area contributed by atoms with Gasteiger partial charge in [-0.05, 0) is 55.8 Å². The molecule has 21 heavy (non-hydrogen) atoms. The van der Waals surface area contributed by atoms with Crippen molar-refractivity contribution in [3.05, 3.63) is 0 Å². The van der Waals surface area contributed by atoms with Gasteiger partial charge in [-0.2, -0.15) is 0 Å². The number of carbonyl (C=O) groups is 1. The summed E-state index contributed by atoms with van der Waals surface area (Å²) in [4.78, 5) is 12.1. The van der Waals surface area contributed by atoms with Crippen molar-refractivity contribution in [2.75, 3.05) is 0 Å². The van der Waals surface area contributed by atoms with Crippen molar-refractivity contribution >= 4 is 5.78 Å². The third-order valence-corrected chi connectivity index (χ3v) is 5.69. The standard InChI is InChI=1S/C17H33NO.C2H6/c1-6-13(4)16(19)15(18)11-14-7-9-17(5,10-8-14)12(2)3;1-2/h12-15H,6-11,18H2,1-5H3;1-2H3. The van der Waals surface area contributed by atoms with Crippen LogP contribution in [0.1, 0.15) is 87.0 Å². The Balaban J connectivity index is 0.00000191. The van der Waals surface area contributed by atoms with Crippen LogP contribution in [-0.2, 0) is 4.79 Å². The molecule has 1 rings (SSSR count). The lowest BCUT2D eigenvalue weighted by Crippen LogP contribution is -2.38. The van der Waals surface area contributed by atoms with E-state index in [1.165, 1.54) is 25.7 Å². The predicted octanol–water partition coefficient (Wildman–Crippen LogP) is 5.20. The summed E-state index contributed by atoms with van der Waals surface area (Å²) in [5, 5.41) is 0. The van der Waals surface area contributed by atoms with Crippen LogP contribution in [0.25, 0.3) is 0 Å². The quantitative estimate of drug-likeness (QED) is 0.732. The van der Waals surface area contributed by atoms with E-state index in [0.29, 0.717) is 11.3 Å². The second-order valence-electron chi connectivity index (χ2n) is 7.31. The van der Waals surface area contributed by atoms with E-state index in [1.807, 2.05) is 20.8 Å². The second-order valence-corrected chi connectivity index (χ2v) is 7.31. The first kappa shape index (κ1) is 20.6. The van der Waals surface area contributed by atoms with Crippen molar-refractivity contribution in [1.29, 1.82) is 0 Å². The fourth-order valence-corrected chi connectivity index (χ4v) is 3.19. The Kier molecular flexibility index (Phi) is 9.44. The highest BCUT2D eigenvalue weighted by Crippen LogP contribution is 2.44.